The lowest BCUT2D eigenvalue weighted by Crippen LogP contribution is -2.40. The second kappa shape index (κ2) is 14.0. The van der Waals surface area contributed by atoms with Crippen molar-refractivity contribution in [1.82, 2.24) is 9.80 Å². The molecule has 0 aromatic heterocycles. The van der Waals surface area contributed by atoms with Crippen molar-refractivity contribution in [3.8, 4) is 0 Å². The SMILES string of the molecule is CC1C(=O)CC(C(O)COC(=O)CCCCCCN2C(=O)c3cccc4c(NCCCN(C)C)ccc(c34)C2=O)C1=O. The van der Waals surface area contributed by atoms with Gasteiger partial charge in [0, 0.05) is 53.5 Å². The van der Waals surface area contributed by atoms with E-state index in [-0.39, 0.29) is 42.8 Å². The number of aliphatic hydroxyl groups is 1. The van der Waals surface area contributed by atoms with Crippen molar-refractivity contribution in [2.75, 3.05) is 45.7 Å². The fourth-order valence-corrected chi connectivity index (χ4v) is 5.68. The normalized spacial score (nSPS) is 19.2. The molecule has 10 heteroatoms. The molecular formula is C32H41N3O7. The zero-order valence-corrected chi connectivity index (χ0v) is 24.7. The summed E-state index contributed by atoms with van der Waals surface area (Å²) >= 11 is 0. The molecule has 3 unspecified atom stereocenters. The fraction of sp³-hybridized carbons (Fsp3) is 0.531. The van der Waals surface area contributed by atoms with E-state index in [4.69, 9.17) is 4.74 Å². The first-order chi connectivity index (χ1) is 20.1. The molecule has 0 spiro atoms. The molecule has 3 atom stereocenters. The molecule has 2 N–H and O–H groups in total. The Balaban J connectivity index is 1.21. The number of amides is 2. The number of nitrogens with zero attached hydrogens (tertiary/aromatic N) is 2. The molecule has 0 radical (unpaired) electrons. The highest BCUT2D eigenvalue weighted by molar-refractivity contribution is 6.26. The molecule has 10 nitrogen and oxygen atoms in total. The molecule has 2 aliphatic rings. The number of anilines is 1. The van der Waals surface area contributed by atoms with Crippen LogP contribution in [0.5, 0.6) is 0 Å². The Bertz CT molecular complexity index is 1330. The maximum Gasteiger partial charge on any atom is 0.305 e. The van der Waals surface area contributed by atoms with Gasteiger partial charge in [-0.3, -0.25) is 28.9 Å². The van der Waals surface area contributed by atoms with Gasteiger partial charge in [0.2, 0.25) is 0 Å². The molecule has 0 saturated heterocycles. The molecule has 42 heavy (non-hydrogen) atoms. The summed E-state index contributed by atoms with van der Waals surface area (Å²) in [6.07, 6.45) is 2.52. The molecule has 2 amide bonds. The van der Waals surface area contributed by atoms with E-state index in [0.29, 0.717) is 42.3 Å². The van der Waals surface area contributed by atoms with E-state index >= 15 is 0 Å². The van der Waals surface area contributed by atoms with Gasteiger partial charge >= 0.3 is 5.97 Å². The number of carbonyl (C=O) groups excluding carboxylic acids is 5. The van der Waals surface area contributed by atoms with Crippen LogP contribution in [0.4, 0.5) is 5.69 Å². The lowest BCUT2D eigenvalue weighted by atomic mass is 9.92. The highest BCUT2D eigenvalue weighted by Gasteiger charge is 2.42. The van der Waals surface area contributed by atoms with Gasteiger partial charge in [0.1, 0.15) is 18.2 Å². The minimum Gasteiger partial charge on any atom is -0.463 e. The summed E-state index contributed by atoms with van der Waals surface area (Å²) in [7, 11) is 4.07. The van der Waals surface area contributed by atoms with Crippen molar-refractivity contribution in [2.45, 2.75) is 58.0 Å². The first kappa shape index (κ1) is 31.3. The lowest BCUT2D eigenvalue weighted by Gasteiger charge is -2.28. The molecule has 1 fully saturated rings. The molecule has 1 aliphatic carbocycles. The molecule has 226 valence electrons. The summed E-state index contributed by atoms with van der Waals surface area (Å²) < 4.78 is 5.11. The number of carbonyl (C=O) groups is 5. The largest absolute Gasteiger partial charge is 0.463 e. The second-order valence-corrected chi connectivity index (χ2v) is 11.5. The third-order valence-electron chi connectivity index (χ3n) is 8.18. The van der Waals surface area contributed by atoms with Crippen LogP contribution in [-0.2, 0) is 19.1 Å². The maximum atomic E-state index is 13.3. The first-order valence-electron chi connectivity index (χ1n) is 14.8. The standard InChI is InChI=1S/C32H41N3O7/c1-20-26(36)18-24(30(20)39)27(37)19-42-28(38)12-6-4-5-7-17-35-31(40)22-11-8-10-21-25(33-15-9-16-34(2)3)14-13-23(29(21)22)32(35)41/h8,10-11,13-14,20,24,27,33,37H,4-7,9,12,15-19H2,1-3H3. The Morgan fingerprint density at radius 1 is 1.02 bits per heavy atom. The van der Waals surface area contributed by atoms with Gasteiger partial charge in [0.05, 0.1) is 17.9 Å². The van der Waals surface area contributed by atoms with Crippen LogP contribution in [0.15, 0.2) is 30.3 Å². The van der Waals surface area contributed by atoms with Gasteiger partial charge in [-0.05, 0) is 65.0 Å². The monoisotopic (exact) mass is 579 g/mol. The van der Waals surface area contributed by atoms with Crippen molar-refractivity contribution in [1.29, 1.82) is 0 Å². The van der Waals surface area contributed by atoms with E-state index in [1.165, 1.54) is 11.8 Å². The van der Waals surface area contributed by atoms with E-state index in [1.54, 1.807) is 12.1 Å². The van der Waals surface area contributed by atoms with Gasteiger partial charge < -0.3 is 20.1 Å². The number of hydrogen-bond donors (Lipinski definition) is 2. The molecule has 0 bridgehead atoms. The minimum atomic E-state index is -1.18. The number of aliphatic hydroxyl groups excluding tert-OH is 1. The topological polar surface area (TPSA) is 133 Å². The molecular weight excluding hydrogens is 538 g/mol. The fourth-order valence-electron chi connectivity index (χ4n) is 5.68. The van der Waals surface area contributed by atoms with Crippen molar-refractivity contribution >= 4 is 45.8 Å². The number of nitrogens with one attached hydrogen (secondary N) is 1. The second-order valence-electron chi connectivity index (χ2n) is 11.5. The van der Waals surface area contributed by atoms with Crippen LogP contribution in [0.2, 0.25) is 0 Å². The molecule has 1 saturated carbocycles. The summed E-state index contributed by atoms with van der Waals surface area (Å²) in [5.74, 6) is -3.08. The molecule has 1 aliphatic heterocycles. The Labute approximate surface area is 246 Å². The van der Waals surface area contributed by atoms with Crippen LogP contribution in [0, 0.1) is 11.8 Å². The van der Waals surface area contributed by atoms with Crippen LogP contribution in [-0.4, -0.2) is 90.7 Å². The highest BCUT2D eigenvalue weighted by atomic mass is 16.5. The number of benzene rings is 2. The Kier molecular flexibility index (Phi) is 10.5. The van der Waals surface area contributed by atoms with Crippen LogP contribution < -0.4 is 5.32 Å². The zero-order chi connectivity index (χ0) is 30.4. The summed E-state index contributed by atoms with van der Waals surface area (Å²) in [5.41, 5.74) is 1.97. The third kappa shape index (κ3) is 7.04. The zero-order valence-electron chi connectivity index (χ0n) is 24.7. The average molecular weight is 580 g/mol. The Hall–Kier alpha value is -3.63. The maximum absolute atomic E-state index is 13.3. The summed E-state index contributed by atoms with van der Waals surface area (Å²) in [6, 6.07) is 9.27. The summed E-state index contributed by atoms with van der Waals surface area (Å²) in [6.45, 7) is 3.26. The predicted molar refractivity (Wildman–Crippen MR) is 158 cm³/mol. The highest BCUT2D eigenvalue weighted by Crippen LogP contribution is 2.34. The number of hydrogen-bond acceptors (Lipinski definition) is 9. The van der Waals surface area contributed by atoms with Crippen molar-refractivity contribution in [2.24, 2.45) is 11.8 Å². The number of imide groups is 1. The first-order valence-corrected chi connectivity index (χ1v) is 14.8. The Morgan fingerprint density at radius 3 is 2.43 bits per heavy atom. The number of unbranched alkanes of at least 4 members (excludes halogenated alkanes) is 3. The van der Waals surface area contributed by atoms with Gasteiger partial charge in [0.25, 0.3) is 11.8 Å². The van der Waals surface area contributed by atoms with Crippen molar-refractivity contribution in [3.05, 3.63) is 41.5 Å². The smallest absolute Gasteiger partial charge is 0.305 e. The molecule has 1 heterocycles. The average Bonchev–Trinajstić information content (AvgIpc) is 3.23. The van der Waals surface area contributed by atoms with E-state index in [9.17, 15) is 29.1 Å². The van der Waals surface area contributed by atoms with Crippen LogP contribution in [0.25, 0.3) is 10.8 Å². The quantitative estimate of drug-likeness (QED) is 0.141. The predicted octanol–water partition coefficient (Wildman–Crippen LogP) is 3.45. The van der Waals surface area contributed by atoms with Gasteiger partial charge in [-0.2, -0.15) is 0 Å². The number of ketones is 2. The molecule has 2 aromatic carbocycles. The minimum absolute atomic E-state index is 0.0168. The molecule has 2 aromatic rings. The Morgan fingerprint density at radius 2 is 1.74 bits per heavy atom. The van der Waals surface area contributed by atoms with Gasteiger partial charge in [-0.1, -0.05) is 25.0 Å². The van der Waals surface area contributed by atoms with Crippen LogP contribution in [0.3, 0.4) is 0 Å². The number of esters is 1. The van der Waals surface area contributed by atoms with Gasteiger partial charge in [-0.15, -0.1) is 0 Å². The van der Waals surface area contributed by atoms with Gasteiger partial charge in [-0.25, -0.2) is 0 Å². The number of ether oxygens (including phenoxy) is 1. The van der Waals surface area contributed by atoms with E-state index < -0.39 is 23.9 Å². The van der Waals surface area contributed by atoms with E-state index in [2.05, 4.69) is 10.2 Å². The third-order valence-corrected chi connectivity index (χ3v) is 8.18. The number of rotatable bonds is 15. The van der Waals surface area contributed by atoms with Gasteiger partial charge in [0.15, 0.2) is 0 Å². The van der Waals surface area contributed by atoms with Crippen molar-refractivity contribution in [3.63, 3.8) is 0 Å². The van der Waals surface area contributed by atoms with Crippen LogP contribution >= 0.6 is 0 Å². The summed E-state index contributed by atoms with van der Waals surface area (Å²) in [5, 5.41) is 15.2. The van der Waals surface area contributed by atoms with E-state index in [1.807, 2.05) is 32.3 Å². The molecule has 4 rings (SSSR count). The van der Waals surface area contributed by atoms with Crippen LogP contribution in [0.1, 0.15) is 72.6 Å². The van der Waals surface area contributed by atoms with Crippen molar-refractivity contribution < 1.29 is 33.8 Å². The van der Waals surface area contributed by atoms with E-state index in [0.717, 1.165) is 37.0 Å². The lowest BCUT2D eigenvalue weighted by molar-refractivity contribution is -0.149. The summed E-state index contributed by atoms with van der Waals surface area (Å²) in [4.78, 5) is 65.9. The number of Topliss-reactive ketones (excluding diaryl/α,β-unsaturated/α-hetero) is 2.